The third kappa shape index (κ3) is 2.67. The summed E-state index contributed by atoms with van der Waals surface area (Å²) in [6, 6.07) is 13.9. The molecule has 0 saturated carbocycles. The van der Waals surface area contributed by atoms with Crippen molar-refractivity contribution in [2.45, 2.75) is 0 Å². The number of hydrogen-bond donors (Lipinski definition) is 0. The largest absolute Gasteiger partial charge is 0.244 e. The fourth-order valence-corrected chi connectivity index (χ4v) is 1.46. The molecule has 0 saturated heterocycles. The predicted octanol–water partition coefficient (Wildman–Crippen LogP) is 3.91. The zero-order valence-electron chi connectivity index (χ0n) is 8.10. The highest BCUT2D eigenvalue weighted by Gasteiger charge is 1.94. The molecule has 1 aromatic carbocycles. The van der Waals surface area contributed by atoms with E-state index in [2.05, 4.69) is 4.98 Å². The van der Waals surface area contributed by atoms with Crippen LogP contribution in [0.15, 0.2) is 48.7 Å². The predicted molar refractivity (Wildman–Crippen MR) is 64.6 cm³/mol. The van der Waals surface area contributed by atoms with Gasteiger partial charge in [-0.15, -0.1) is 0 Å². The van der Waals surface area contributed by atoms with Gasteiger partial charge in [0.15, 0.2) is 0 Å². The summed E-state index contributed by atoms with van der Waals surface area (Å²) in [6.07, 6.45) is 5.66. The molecule has 0 fully saturated rings. The van der Waals surface area contributed by atoms with E-state index in [0.29, 0.717) is 5.15 Å². The van der Waals surface area contributed by atoms with Gasteiger partial charge in [-0.25, -0.2) is 4.98 Å². The van der Waals surface area contributed by atoms with E-state index in [1.807, 2.05) is 54.6 Å². The van der Waals surface area contributed by atoms with E-state index in [1.165, 1.54) is 0 Å². The normalized spacial score (nSPS) is 10.7. The second-order valence-electron chi connectivity index (χ2n) is 3.13. The summed E-state index contributed by atoms with van der Waals surface area (Å²) in [7, 11) is 0. The number of aromatic nitrogens is 1. The Morgan fingerprint density at radius 2 is 1.73 bits per heavy atom. The molecule has 1 nitrogen and oxygen atoms in total. The van der Waals surface area contributed by atoms with Crippen LogP contribution in [-0.4, -0.2) is 4.98 Å². The Balaban J connectivity index is 2.23. The van der Waals surface area contributed by atoms with Gasteiger partial charge in [0.1, 0.15) is 5.15 Å². The number of pyridine rings is 1. The molecule has 0 N–H and O–H groups in total. The summed E-state index contributed by atoms with van der Waals surface area (Å²) in [4.78, 5) is 4.01. The van der Waals surface area contributed by atoms with E-state index in [4.69, 9.17) is 11.6 Å². The number of benzene rings is 1. The van der Waals surface area contributed by atoms with Crippen molar-refractivity contribution in [3.8, 4) is 0 Å². The first-order valence-corrected chi connectivity index (χ1v) is 5.08. The van der Waals surface area contributed by atoms with Gasteiger partial charge in [-0.3, -0.25) is 0 Å². The van der Waals surface area contributed by atoms with Crippen LogP contribution in [0.4, 0.5) is 0 Å². The van der Waals surface area contributed by atoms with Crippen molar-refractivity contribution >= 4 is 23.8 Å². The third-order valence-corrected chi connectivity index (χ3v) is 2.36. The highest BCUT2D eigenvalue weighted by Crippen LogP contribution is 2.14. The van der Waals surface area contributed by atoms with E-state index in [-0.39, 0.29) is 0 Å². The SMILES string of the molecule is Clc1ncccc1/C=C/c1ccccc1. The number of nitrogens with zero attached hydrogens (tertiary/aromatic N) is 1. The average Bonchev–Trinajstić information content (AvgIpc) is 2.29. The Morgan fingerprint density at radius 1 is 0.933 bits per heavy atom. The molecule has 2 heteroatoms. The second kappa shape index (κ2) is 4.76. The van der Waals surface area contributed by atoms with Crippen LogP contribution in [0.25, 0.3) is 12.2 Å². The smallest absolute Gasteiger partial charge is 0.136 e. The fraction of sp³-hybridized carbons (Fsp3) is 0. The summed E-state index contributed by atoms with van der Waals surface area (Å²) < 4.78 is 0. The molecular formula is C13H10ClN. The van der Waals surface area contributed by atoms with Crippen LogP contribution in [0.2, 0.25) is 5.15 Å². The highest BCUT2D eigenvalue weighted by molar-refractivity contribution is 6.30. The van der Waals surface area contributed by atoms with Crippen molar-refractivity contribution in [2.24, 2.45) is 0 Å². The Labute approximate surface area is 94.1 Å². The molecular weight excluding hydrogens is 206 g/mol. The van der Waals surface area contributed by atoms with Gasteiger partial charge in [0.2, 0.25) is 0 Å². The van der Waals surface area contributed by atoms with Crippen LogP contribution in [0.5, 0.6) is 0 Å². The van der Waals surface area contributed by atoms with Gasteiger partial charge >= 0.3 is 0 Å². The van der Waals surface area contributed by atoms with Crippen LogP contribution in [0.3, 0.4) is 0 Å². The molecule has 74 valence electrons. The van der Waals surface area contributed by atoms with E-state index in [9.17, 15) is 0 Å². The van der Waals surface area contributed by atoms with Gasteiger partial charge in [0.05, 0.1) is 0 Å². The molecule has 0 amide bonds. The van der Waals surface area contributed by atoms with Crippen LogP contribution in [0, 0.1) is 0 Å². The lowest BCUT2D eigenvalue weighted by Crippen LogP contribution is -1.78. The van der Waals surface area contributed by atoms with Gasteiger partial charge in [0.25, 0.3) is 0 Å². The first-order chi connectivity index (χ1) is 7.36. The quantitative estimate of drug-likeness (QED) is 0.693. The second-order valence-corrected chi connectivity index (χ2v) is 3.49. The molecule has 0 unspecified atom stereocenters. The lowest BCUT2D eigenvalue weighted by atomic mass is 10.2. The fourth-order valence-electron chi connectivity index (χ4n) is 1.27. The van der Waals surface area contributed by atoms with Crippen molar-refractivity contribution < 1.29 is 0 Å². The maximum absolute atomic E-state index is 5.93. The van der Waals surface area contributed by atoms with Gasteiger partial charge in [-0.05, 0) is 11.6 Å². The maximum atomic E-state index is 5.93. The monoisotopic (exact) mass is 215 g/mol. The van der Waals surface area contributed by atoms with Crippen molar-refractivity contribution in [3.05, 3.63) is 64.9 Å². The van der Waals surface area contributed by atoms with E-state index < -0.39 is 0 Å². The van der Waals surface area contributed by atoms with Gasteiger partial charge < -0.3 is 0 Å². The van der Waals surface area contributed by atoms with E-state index in [0.717, 1.165) is 11.1 Å². The topological polar surface area (TPSA) is 12.9 Å². The van der Waals surface area contributed by atoms with Crippen LogP contribution in [-0.2, 0) is 0 Å². The van der Waals surface area contributed by atoms with Gasteiger partial charge in [-0.2, -0.15) is 0 Å². The zero-order chi connectivity index (χ0) is 10.5. The molecule has 15 heavy (non-hydrogen) atoms. The molecule has 0 radical (unpaired) electrons. The van der Waals surface area contributed by atoms with Gasteiger partial charge in [0, 0.05) is 11.8 Å². The Bertz CT molecular complexity index is 463. The molecule has 2 aromatic rings. The summed E-state index contributed by atoms with van der Waals surface area (Å²) in [6.45, 7) is 0. The van der Waals surface area contributed by atoms with Crippen LogP contribution in [0.1, 0.15) is 11.1 Å². The highest BCUT2D eigenvalue weighted by atomic mass is 35.5. The van der Waals surface area contributed by atoms with E-state index in [1.54, 1.807) is 6.20 Å². The maximum Gasteiger partial charge on any atom is 0.136 e. The lowest BCUT2D eigenvalue weighted by Gasteiger charge is -1.95. The molecule has 0 aliphatic heterocycles. The summed E-state index contributed by atoms with van der Waals surface area (Å²) in [5.41, 5.74) is 2.08. The minimum absolute atomic E-state index is 0.532. The third-order valence-electron chi connectivity index (χ3n) is 2.04. The lowest BCUT2D eigenvalue weighted by molar-refractivity contribution is 1.32. The summed E-state index contributed by atoms with van der Waals surface area (Å²) >= 11 is 5.93. The Kier molecular flexibility index (Phi) is 3.15. The molecule has 1 heterocycles. The first-order valence-electron chi connectivity index (χ1n) is 4.70. The standard InChI is InChI=1S/C13H10ClN/c14-13-12(7-4-10-15-13)9-8-11-5-2-1-3-6-11/h1-10H/b9-8+. The Morgan fingerprint density at radius 3 is 2.47 bits per heavy atom. The molecule has 0 aliphatic carbocycles. The van der Waals surface area contributed by atoms with Gasteiger partial charge in [-0.1, -0.05) is 60.2 Å². The molecule has 0 spiro atoms. The summed E-state index contributed by atoms with van der Waals surface area (Å²) in [5.74, 6) is 0. The molecule has 2 rings (SSSR count). The summed E-state index contributed by atoms with van der Waals surface area (Å²) in [5, 5.41) is 0.532. The van der Waals surface area contributed by atoms with Crippen LogP contribution >= 0.6 is 11.6 Å². The minimum Gasteiger partial charge on any atom is -0.244 e. The van der Waals surface area contributed by atoms with Crippen molar-refractivity contribution in [1.29, 1.82) is 0 Å². The molecule has 0 atom stereocenters. The zero-order valence-corrected chi connectivity index (χ0v) is 8.85. The minimum atomic E-state index is 0.532. The number of halogens is 1. The first kappa shape index (κ1) is 9.94. The van der Waals surface area contributed by atoms with Crippen molar-refractivity contribution in [1.82, 2.24) is 4.98 Å². The molecule has 0 aliphatic rings. The van der Waals surface area contributed by atoms with E-state index >= 15 is 0 Å². The molecule has 1 aromatic heterocycles. The van der Waals surface area contributed by atoms with Crippen LogP contribution < -0.4 is 0 Å². The number of hydrogen-bond acceptors (Lipinski definition) is 1. The Hall–Kier alpha value is -1.60. The van der Waals surface area contributed by atoms with Crippen molar-refractivity contribution in [2.75, 3.05) is 0 Å². The average molecular weight is 216 g/mol. The molecule has 0 bridgehead atoms. The number of rotatable bonds is 2. The van der Waals surface area contributed by atoms with Crippen molar-refractivity contribution in [3.63, 3.8) is 0 Å².